The molecule has 0 aliphatic carbocycles. The third-order valence-electron chi connectivity index (χ3n) is 4.16. The van der Waals surface area contributed by atoms with Crippen LogP contribution in [0, 0.1) is 13.8 Å². The number of hydrogen-bond acceptors (Lipinski definition) is 3. The third kappa shape index (κ3) is 4.65. The summed E-state index contributed by atoms with van der Waals surface area (Å²) < 4.78 is 0. The fourth-order valence-electron chi connectivity index (χ4n) is 2.89. The molecule has 0 fully saturated rings. The summed E-state index contributed by atoms with van der Waals surface area (Å²) in [6.07, 6.45) is 0.750. The smallest absolute Gasteiger partial charge is 0.255 e. The SMILES string of the molecule is Cc1nc(C)c(C(=O)NCCc2ccccc2)c(-c2ccc(Cl)c(Cl)c2)n1. The van der Waals surface area contributed by atoms with Crippen molar-refractivity contribution in [2.45, 2.75) is 20.3 Å². The summed E-state index contributed by atoms with van der Waals surface area (Å²) in [5.74, 6) is 0.388. The van der Waals surface area contributed by atoms with Gasteiger partial charge in [0.25, 0.3) is 5.91 Å². The first-order chi connectivity index (χ1) is 13.0. The molecule has 6 heteroatoms. The van der Waals surface area contributed by atoms with Gasteiger partial charge in [0.2, 0.25) is 0 Å². The van der Waals surface area contributed by atoms with Crippen LogP contribution in [-0.4, -0.2) is 22.4 Å². The number of nitrogens with zero attached hydrogens (tertiary/aromatic N) is 2. The second-order valence-corrected chi connectivity index (χ2v) is 7.01. The summed E-state index contributed by atoms with van der Waals surface area (Å²) in [5.41, 5.74) is 3.52. The molecule has 1 amide bonds. The quantitative estimate of drug-likeness (QED) is 0.653. The van der Waals surface area contributed by atoms with Crippen molar-refractivity contribution < 1.29 is 4.79 Å². The van der Waals surface area contributed by atoms with Gasteiger partial charge in [0.15, 0.2) is 0 Å². The lowest BCUT2D eigenvalue weighted by Crippen LogP contribution is -2.28. The van der Waals surface area contributed by atoms with Crippen LogP contribution in [0.2, 0.25) is 10.0 Å². The Balaban J connectivity index is 1.87. The fraction of sp³-hybridized carbons (Fsp3) is 0.190. The lowest BCUT2D eigenvalue weighted by atomic mass is 10.0. The van der Waals surface area contributed by atoms with Gasteiger partial charge in [-0.05, 0) is 38.0 Å². The van der Waals surface area contributed by atoms with Crippen molar-refractivity contribution in [2.75, 3.05) is 6.54 Å². The van der Waals surface area contributed by atoms with Crippen LogP contribution in [0.1, 0.15) is 27.4 Å². The van der Waals surface area contributed by atoms with Crippen molar-refractivity contribution in [3.05, 3.63) is 81.2 Å². The number of halogens is 2. The molecule has 27 heavy (non-hydrogen) atoms. The van der Waals surface area contributed by atoms with E-state index in [2.05, 4.69) is 15.3 Å². The summed E-state index contributed by atoms with van der Waals surface area (Å²) >= 11 is 12.2. The zero-order valence-corrected chi connectivity index (χ0v) is 16.6. The van der Waals surface area contributed by atoms with Crippen LogP contribution in [0.3, 0.4) is 0 Å². The van der Waals surface area contributed by atoms with Crippen LogP contribution in [-0.2, 0) is 6.42 Å². The van der Waals surface area contributed by atoms with E-state index >= 15 is 0 Å². The van der Waals surface area contributed by atoms with Gasteiger partial charge in [-0.2, -0.15) is 0 Å². The maximum atomic E-state index is 12.9. The van der Waals surface area contributed by atoms with Crippen LogP contribution >= 0.6 is 23.2 Å². The van der Waals surface area contributed by atoms with Crippen molar-refractivity contribution in [3.63, 3.8) is 0 Å². The van der Waals surface area contributed by atoms with Gasteiger partial charge in [0.05, 0.1) is 27.0 Å². The van der Waals surface area contributed by atoms with Crippen molar-refractivity contribution in [1.82, 2.24) is 15.3 Å². The summed E-state index contributed by atoms with van der Waals surface area (Å²) in [7, 11) is 0. The second kappa shape index (κ2) is 8.51. The van der Waals surface area contributed by atoms with E-state index in [1.165, 1.54) is 5.56 Å². The first-order valence-electron chi connectivity index (χ1n) is 8.58. The van der Waals surface area contributed by atoms with Gasteiger partial charge >= 0.3 is 0 Å². The standard InChI is InChI=1S/C21H19Cl2N3O/c1-13-19(21(27)24-11-10-15-6-4-3-5-7-15)20(26-14(2)25-13)16-8-9-17(22)18(23)12-16/h3-9,12H,10-11H2,1-2H3,(H,24,27). The summed E-state index contributed by atoms with van der Waals surface area (Å²) in [6, 6.07) is 15.2. The van der Waals surface area contributed by atoms with E-state index in [0.717, 1.165) is 12.0 Å². The van der Waals surface area contributed by atoms with Crippen molar-refractivity contribution >= 4 is 29.1 Å². The Morgan fingerprint density at radius 3 is 2.44 bits per heavy atom. The maximum Gasteiger partial charge on any atom is 0.255 e. The predicted molar refractivity (Wildman–Crippen MR) is 109 cm³/mol. The van der Waals surface area contributed by atoms with Gasteiger partial charge in [-0.3, -0.25) is 4.79 Å². The number of aryl methyl sites for hydroxylation is 2. The van der Waals surface area contributed by atoms with Crippen LogP contribution < -0.4 is 5.32 Å². The van der Waals surface area contributed by atoms with Gasteiger partial charge in [0.1, 0.15) is 5.82 Å². The number of aromatic nitrogens is 2. The van der Waals surface area contributed by atoms with Crippen LogP contribution in [0.15, 0.2) is 48.5 Å². The Morgan fingerprint density at radius 2 is 1.74 bits per heavy atom. The zero-order chi connectivity index (χ0) is 19.4. The third-order valence-corrected chi connectivity index (χ3v) is 4.90. The molecule has 1 heterocycles. The van der Waals surface area contributed by atoms with E-state index in [9.17, 15) is 4.79 Å². The molecule has 0 spiro atoms. The predicted octanol–water partition coefficient (Wildman–Crippen LogP) is 5.04. The fourth-order valence-corrected chi connectivity index (χ4v) is 3.19. The molecule has 0 unspecified atom stereocenters. The Hall–Kier alpha value is -2.43. The number of benzene rings is 2. The first-order valence-corrected chi connectivity index (χ1v) is 9.34. The van der Waals surface area contributed by atoms with Crippen molar-refractivity contribution in [1.29, 1.82) is 0 Å². The van der Waals surface area contributed by atoms with Gasteiger partial charge < -0.3 is 5.32 Å². The van der Waals surface area contributed by atoms with Crippen LogP contribution in [0.5, 0.6) is 0 Å². The number of carbonyl (C=O) groups is 1. The van der Waals surface area contributed by atoms with E-state index in [4.69, 9.17) is 23.2 Å². The van der Waals surface area contributed by atoms with Gasteiger partial charge in [-0.1, -0.05) is 59.6 Å². The van der Waals surface area contributed by atoms with Crippen LogP contribution in [0.25, 0.3) is 11.3 Å². The lowest BCUT2D eigenvalue weighted by molar-refractivity contribution is 0.0953. The minimum absolute atomic E-state index is 0.204. The molecule has 0 atom stereocenters. The molecular weight excluding hydrogens is 381 g/mol. The maximum absolute atomic E-state index is 12.9. The Kier molecular flexibility index (Phi) is 6.09. The summed E-state index contributed by atoms with van der Waals surface area (Å²) in [5, 5.41) is 3.84. The number of nitrogens with one attached hydrogen (secondary N) is 1. The van der Waals surface area contributed by atoms with E-state index in [0.29, 0.717) is 39.4 Å². The monoisotopic (exact) mass is 399 g/mol. The normalized spacial score (nSPS) is 10.7. The minimum Gasteiger partial charge on any atom is -0.352 e. The molecule has 0 aliphatic rings. The highest BCUT2D eigenvalue weighted by Crippen LogP contribution is 2.30. The molecule has 0 saturated carbocycles. The highest BCUT2D eigenvalue weighted by Gasteiger charge is 2.19. The van der Waals surface area contributed by atoms with Crippen molar-refractivity contribution in [2.24, 2.45) is 0 Å². The van der Waals surface area contributed by atoms with E-state index in [1.54, 1.807) is 25.1 Å². The number of rotatable bonds is 5. The second-order valence-electron chi connectivity index (χ2n) is 6.20. The summed E-state index contributed by atoms with van der Waals surface area (Å²) in [4.78, 5) is 21.7. The zero-order valence-electron chi connectivity index (χ0n) is 15.1. The molecule has 2 aromatic carbocycles. The number of amides is 1. The molecule has 3 aromatic rings. The van der Waals surface area contributed by atoms with Gasteiger partial charge in [-0.25, -0.2) is 9.97 Å². The molecule has 1 aromatic heterocycles. The largest absolute Gasteiger partial charge is 0.352 e. The Bertz CT molecular complexity index is 975. The topological polar surface area (TPSA) is 54.9 Å². The Morgan fingerprint density at radius 1 is 1.00 bits per heavy atom. The first kappa shape index (κ1) is 19.3. The summed E-state index contributed by atoms with van der Waals surface area (Å²) in [6.45, 7) is 4.13. The van der Waals surface area contributed by atoms with E-state index < -0.39 is 0 Å². The molecule has 1 N–H and O–H groups in total. The molecule has 0 aliphatic heterocycles. The highest BCUT2D eigenvalue weighted by molar-refractivity contribution is 6.42. The molecule has 4 nitrogen and oxygen atoms in total. The minimum atomic E-state index is -0.204. The molecule has 0 bridgehead atoms. The van der Waals surface area contributed by atoms with Gasteiger partial charge in [-0.15, -0.1) is 0 Å². The van der Waals surface area contributed by atoms with Crippen LogP contribution in [0.4, 0.5) is 0 Å². The van der Waals surface area contributed by atoms with E-state index in [1.807, 2.05) is 37.3 Å². The van der Waals surface area contributed by atoms with Gasteiger partial charge in [0, 0.05) is 12.1 Å². The van der Waals surface area contributed by atoms with E-state index in [-0.39, 0.29) is 5.91 Å². The average molecular weight is 400 g/mol. The lowest BCUT2D eigenvalue weighted by Gasteiger charge is -2.13. The molecule has 138 valence electrons. The molecule has 0 saturated heterocycles. The van der Waals surface area contributed by atoms with Crippen molar-refractivity contribution in [3.8, 4) is 11.3 Å². The number of carbonyl (C=O) groups excluding carboxylic acids is 1. The molecule has 0 radical (unpaired) electrons. The average Bonchev–Trinajstić information content (AvgIpc) is 2.64. The highest BCUT2D eigenvalue weighted by atomic mass is 35.5. The Labute approximate surface area is 168 Å². The molecular formula is C21H19Cl2N3O. The molecule has 3 rings (SSSR count). The number of hydrogen-bond donors (Lipinski definition) is 1.